The summed E-state index contributed by atoms with van der Waals surface area (Å²) in [6, 6.07) is -0.904. The molecule has 1 amide bonds. The number of hydrogen-bond acceptors (Lipinski definition) is 13. The Kier molecular flexibility index (Phi) is 27.1. The molecule has 2 rings (SSSR count). The first-order valence-electron chi connectivity index (χ1n) is 21.4. The Hall–Kier alpha value is -1.27. The molecule has 9 N–H and O–H groups in total. The van der Waals surface area contributed by atoms with Crippen molar-refractivity contribution in [2.45, 2.75) is 222 Å². The van der Waals surface area contributed by atoms with Gasteiger partial charge in [-0.1, -0.05) is 135 Å². The van der Waals surface area contributed by atoms with Crippen molar-refractivity contribution >= 4 is 5.91 Å². The zero-order valence-electron chi connectivity index (χ0n) is 33.7. The minimum atomic E-state index is -1.78. The number of ether oxygens (including phenoxy) is 4. The van der Waals surface area contributed by atoms with Crippen LogP contribution in [0, 0.1) is 0 Å². The second kappa shape index (κ2) is 29.9. The summed E-state index contributed by atoms with van der Waals surface area (Å²) < 4.78 is 22.5. The van der Waals surface area contributed by atoms with Crippen molar-refractivity contribution in [1.29, 1.82) is 0 Å². The van der Waals surface area contributed by atoms with E-state index in [1.165, 1.54) is 83.5 Å². The van der Waals surface area contributed by atoms with E-state index in [1.807, 2.05) is 6.08 Å². The largest absolute Gasteiger partial charge is 0.394 e. The van der Waals surface area contributed by atoms with Crippen LogP contribution in [0.1, 0.15) is 149 Å². The molecule has 0 saturated carbocycles. The molecule has 0 spiro atoms. The fourth-order valence-corrected chi connectivity index (χ4v) is 7.11. The average Bonchev–Trinajstić information content (AvgIpc) is 3.18. The number of hydrogen-bond donors (Lipinski definition) is 9. The number of carbonyl (C=O) groups is 1. The number of unbranched alkanes of at least 4 members (excludes halogenated alkanes) is 18. The maximum atomic E-state index is 13.0. The van der Waals surface area contributed by atoms with Crippen LogP contribution in [-0.2, 0) is 23.7 Å². The minimum Gasteiger partial charge on any atom is -0.394 e. The van der Waals surface area contributed by atoms with Gasteiger partial charge >= 0.3 is 0 Å². The van der Waals surface area contributed by atoms with E-state index in [1.54, 1.807) is 6.08 Å². The van der Waals surface area contributed by atoms with Gasteiger partial charge in [0.05, 0.1) is 32.0 Å². The molecule has 2 saturated heterocycles. The monoisotopic (exact) mass is 792 g/mol. The Bertz CT molecular complexity index is 988. The maximum absolute atomic E-state index is 13.0. The molecule has 14 nitrogen and oxygen atoms in total. The van der Waals surface area contributed by atoms with E-state index in [0.29, 0.717) is 6.42 Å². The minimum absolute atomic E-state index is 0.245. The van der Waals surface area contributed by atoms with Crippen molar-refractivity contribution in [3.8, 4) is 0 Å². The normalized spacial score (nSPS) is 29.8. The summed E-state index contributed by atoms with van der Waals surface area (Å²) in [5, 5.41) is 86.2. The van der Waals surface area contributed by atoms with Crippen LogP contribution in [-0.4, -0.2) is 140 Å². The molecule has 12 atom stereocenters. The highest BCUT2D eigenvalue weighted by Crippen LogP contribution is 2.30. The van der Waals surface area contributed by atoms with Crippen molar-refractivity contribution in [3.63, 3.8) is 0 Å². The van der Waals surface area contributed by atoms with Gasteiger partial charge in [0.2, 0.25) is 5.91 Å². The Morgan fingerprint density at radius 2 is 1.13 bits per heavy atom. The number of aliphatic hydroxyl groups is 8. The molecule has 324 valence electrons. The fraction of sp³-hybridized carbons (Fsp3) is 0.927. The SMILES string of the molecule is CCCCCCCCCCCC/C=C/[C@@H](O)[C@H](CO[C@@H]1O[C@H](CO)[C@@H](O[C@@H]2O[C@H](CO)[C@H](O)C(O)C2O)C(O)C1O)NC(=O)CCCCCCCCCCC. The number of rotatable bonds is 31. The highest BCUT2D eigenvalue weighted by Gasteiger charge is 2.50. The number of amides is 1. The summed E-state index contributed by atoms with van der Waals surface area (Å²) >= 11 is 0. The summed E-state index contributed by atoms with van der Waals surface area (Å²) in [6.07, 6.45) is 9.89. The molecule has 2 fully saturated rings. The third kappa shape index (κ3) is 18.9. The van der Waals surface area contributed by atoms with Gasteiger partial charge in [0.1, 0.15) is 48.8 Å². The molecule has 0 aromatic heterocycles. The van der Waals surface area contributed by atoms with E-state index in [-0.39, 0.29) is 18.9 Å². The summed E-state index contributed by atoms with van der Waals surface area (Å²) in [4.78, 5) is 13.0. The molecule has 0 aromatic carbocycles. The Morgan fingerprint density at radius 1 is 0.636 bits per heavy atom. The van der Waals surface area contributed by atoms with Crippen LogP contribution in [0.3, 0.4) is 0 Å². The number of allylic oxidation sites excluding steroid dienone is 1. The predicted molar refractivity (Wildman–Crippen MR) is 208 cm³/mol. The first kappa shape index (κ1) is 49.9. The Balaban J connectivity index is 1.94. The van der Waals surface area contributed by atoms with Gasteiger partial charge in [0.15, 0.2) is 12.6 Å². The second-order valence-corrected chi connectivity index (χ2v) is 15.5. The quantitative estimate of drug-likeness (QED) is 0.0364. The van der Waals surface area contributed by atoms with Gasteiger partial charge in [-0.05, 0) is 19.3 Å². The predicted octanol–water partition coefficient (Wildman–Crippen LogP) is 3.26. The fourth-order valence-electron chi connectivity index (χ4n) is 7.11. The second-order valence-electron chi connectivity index (χ2n) is 15.5. The lowest BCUT2D eigenvalue weighted by atomic mass is 9.97. The zero-order valence-corrected chi connectivity index (χ0v) is 33.7. The van der Waals surface area contributed by atoms with Crippen molar-refractivity contribution < 1.29 is 64.6 Å². The van der Waals surface area contributed by atoms with E-state index < -0.39 is 86.8 Å². The van der Waals surface area contributed by atoms with Crippen molar-refractivity contribution in [2.75, 3.05) is 19.8 Å². The van der Waals surface area contributed by atoms with E-state index in [2.05, 4.69) is 19.2 Å². The van der Waals surface area contributed by atoms with E-state index in [9.17, 15) is 45.6 Å². The zero-order chi connectivity index (χ0) is 40.4. The van der Waals surface area contributed by atoms with Gasteiger partial charge in [0, 0.05) is 6.42 Å². The van der Waals surface area contributed by atoms with Gasteiger partial charge in [-0.25, -0.2) is 0 Å². The molecule has 0 radical (unpaired) electrons. The standard InChI is InChI=1S/C41H77NO13/c1-3-5-7-9-11-13-14-15-17-18-20-22-24-30(45)29(42-33(46)25-23-21-19-16-12-10-8-6-4-2)28-52-40-38(51)36(49)39(32(27-44)54-40)55-41-37(50)35(48)34(47)31(26-43)53-41/h22,24,29-32,34-41,43-45,47-51H,3-21,23,25-28H2,1-2H3,(H,42,46)/b24-22+/t29-,30+,31+,32+,34-,35?,36?,37?,38?,39+,40+,41-/m0/s1. The molecule has 14 heteroatoms. The van der Waals surface area contributed by atoms with Crippen molar-refractivity contribution in [2.24, 2.45) is 0 Å². The number of aliphatic hydroxyl groups excluding tert-OH is 8. The number of carbonyl (C=O) groups excluding carboxylic acids is 1. The molecular weight excluding hydrogens is 714 g/mol. The lowest BCUT2D eigenvalue weighted by Crippen LogP contribution is -2.65. The summed E-state index contributed by atoms with van der Waals surface area (Å²) in [6.45, 7) is 2.71. The third-order valence-electron chi connectivity index (χ3n) is 10.7. The Morgan fingerprint density at radius 3 is 1.67 bits per heavy atom. The molecule has 0 aromatic rings. The van der Waals surface area contributed by atoms with Crippen LogP contribution in [0.25, 0.3) is 0 Å². The summed E-state index contributed by atoms with van der Waals surface area (Å²) in [7, 11) is 0. The third-order valence-corrected chi connectivity index (χ3v) is 10.7. The van der Waals surface area contributed by atoms with Gasteiger partial charge in [0.25, 0.3) is 0 Å². The molecule has 2 heterocycles. The first-order chi connectivity index (χ1) is 26.6. The smallest absolute Gasteiger partial charge is 0.220 e. The molecule has 0 aliphatic carbocycles. The maximum Gasteiger partial charge on any atom is 0.220 e. The highest BCUT2D eigenvalue weighted by molar-refractivity contribution is 5.76. The van der Waals surface area contributed by atoms with Gasteiger partial charge in [-0.15, -0.1) is 0 Å². The van der Waals surface area contributed by atoms with Crippen LogP contribution in [0.15, 0.2) is 12.2 Å². The molecule has 0 bridgehead atoms. The molecule has 2 aliphatic heterocycles. The van der Waals surface area contributed by atoms with E-state index in [0.717, 1.165) is 38.5 Å². The lowest BCUT2D eigenvalue weighted by molar-refractivity contribution is -0.359. The molecule has 55 heavy (non-hydrogen) atoms. The van der Waals surface area contributed by atoms with Crippen LogP contribution in [0.2, 0.25) is 0 Å². The van der Waals surface area contributed by atoms with E-state index in [4.69, 9.17) is 18.9 Å². The van der Waals surface area contributed by atoms with Crippen LogP contribution in [0.4, 0.5) is 0 Å². The van der Waals surface area contributed by atoms with Gasteiger partial charge < -0.3 is 65.1 Å². The summed E-state index contributed by atoms with van der Waals surface area (Å²) in [5.74, 6) is -0.245. The molecule has 2 aliphatic rings. The average molecular weight is 792 g/mol. The first-order valence-corrected chi connectivity index (χ1v) is 21.4. The summed E-state index contributed by atoms with van der Waals surface area (Å²) in [5.41, 5.74) is 0. The van der Waals surface area contributed by atoms with Crippen LogP contribution in [0.5, 0.6) is 0 Å². The highest BCUT2D eigenvalue weighted by atomic mass is 16.7. The molecule has 4 unspecified atom stereocenters. The number of nitrogens with one attached hydrogen (secondary N) is 1. The van der Waals surface area contributed by atoms with Crippen LogP contribution < -0.4 is 5.32 Å². The lowest BCUT2D eigenvalue weighted by Gasteiger charge is -2.46. The van der Waals surface area contributed by atoms with Crippen LogP contribution >= 0.6 is 0 Å². The van der Waals surface area contributed by atoms with Gasteiger partial charge in [-0.3, -0.25) is 4.79 Å². The topological polar surface area (TPSA) is 228 Å². The van der Waals surface area contributed by atoms with E-state index >= 15 is 0 Å². The van der Waals surface area contributed by atoms with Gasteiger partial charge in [-0.2, -0.15) is 0 Å². The van der Waals surface area contributed by atoms with Crippen molar-refractivity contribution in [3.05, 3.63) is 12.2 Å². The Labute approximate surface area is 329 Å². The van der Waals surface area contributed by atoms with Crippen molar-refractivity contribution in [1.82, 2.24) is 5.32 Å². The molecular formula is C41H77NO13.